The summed E-state index contributed by atoms with van der Waals surface area (Å²) in [6.45, 7) is 11.6. The smallest absolute Gasteiger partial charge is 0.0688 e. The number of nitrogens with two attached hydrogens (primary N) is 3. The first kappa shape index (κ1) is 26.0. The Hall–Kier alpha value is -0.240. The molecule has 0 aromatic rings. The Labute approximate surface area is 148 Å². The molecule has 0 aromatic heterocycles. The minimum absolute atomic E-state index is 0.160. The van der Waals surface area contributed by atoms with Crippen LogP contribution in [-0.4, -0.2) is 51.3 Å². The molecule has 148 valence electrons. The molecule has 0 heterocycles. The van der Waals surface area contributed by atoms with Crippen LogP contribution in [0, 0.1) is 5.92 Å². The SMILES string of the molecule is CC(CO)C(C)(C)N.CCC(C)(N)C(C)O.NC1(CO)CCCC1. The molecular weight excluding hydrogens is 306 g/mol. The van der Waals surface area contributed by atoms with Gasteiger partial charge in [0.25, 0.3) is 0 Å². The Kier molecular flexibility index (Phi) is 12.3. The summed E-state index contributed by atoms with van der Waals surface area (Å²) in [6, 6.07) is 0. The van der Waals surface area contributed by atoms with Gasteiger partial charge in [-0.1, -0.05) is 26.7 Å². The highest BCUT2D eigenvalue weighted by molar-refractivity contribution is 4.88. The summed E-state index contributed by atoms with van der Waals surface area (Å²) in [7, 11) is 0. The molecule has 24 heavy (non-hydrogen) atoms. The van der Waals surface area contributed by atoms with Gasteiger partial charge >= 0.3 is 0 Å². The average molecular weight is 350 g/mol. The molecule has 1 aliphatic rings. The van der Waals surface area contributed by atoms with Gasteiger partial charge in [-0.05, 0) is 52.9 Å². The highest BCUT2D eigenvalue weighted by Gasteiger charge is 2.27. The van der Waals surface area contributed by atoms with Crippen molar-refractivity contribution < 1.29 is 15.3 Å². The van der Waals surface area contributed by atoms with Gasteiger partial charge in [0, 0.05) is 23.2 Å². The Morgan fingerprint density at radius 2 is 1.46 bits per heavy atom. The Balaban J connectivity index is 0. The van der Waals surface area contributed by atoms with E-state index in [1.165, 1.54) is 12.8 Å². The summed E-state index contributed by atoms with van der Waals surface area (Å²) in [4.78, 5) is 0. The lowest BCUT2D eigenvalue weighted by Crippen LogP contribution is -2.45. The normalized spacial score (nSPS) is 21.5. The maximum absolute atomic E-state index is 8.96. The largest absolute Gasteiger partial charge is 0.396 e. The van der Waals surface area contributed by atoms with Gasteiger partial charge in [-0.15, -0.1) is 0 Å². The van der Waals surface area contributed by atoms with Crippen molar-refractivity contribution in [2.45, 2.75) is 96.4 Å². The van der Waals surface area contributed by atoms with Gasteiger partial charge in [0.2, 0.25) is 0 Å². The van der Waals surface area contributed by atoms with Gasteiger partial charge in [0.05, 0.1) is 12.7 Å². The fraction of sp³-hybridized carbons (Fsp3) is 1.00. The second-order valence-corrected chi connectivity index (χ2v) is 8.17. The average Bonchev–Trinajstić information content (AvgIpc) is 2.94. The maximum atomic E-state index is 8.96. The molecular formula is C18H43N3O3. The number of aliphatic hydroxyl groups is 3. The molecule has 0 aliphatic heterocycles. The van der Waals surface area contributed by atoms with Crippen molar-refractivity contribution in [3.63, 3.8) is 0 Å². The molecule has 1 fully saturated rings. The van der Waals surface area contributed by atoms with Crippen LogP contribution in [0.1, 0.15) is 73.6 Å². The molecule has 1 aliphatic carbocycles. The standard InChI is InChI=1S/C6H13NO.2C6H15NO/c7-6(5-8)3-1-2-4-6;1-5(4-8)6(2,3)7;1-4-6(3,7)5(2)8/h8H,1-5,7H2;2*5,8H,4,7H2,1-3H3. The van der Waals surface area contributed by atoms with Crippen LogP contribution in [0.4, 0.5) is 0 Å². The number of aliphatic hydroxyl groups excluding tert-OH is 3. The van der Waals surface area contributed by atoms with E-state index >= 15 is 0 Å². The molecule has 0 saturated heterocycles. The predicted octanol–water partition coefficient (Wildman–Crippen LogP) is 1.10. The first-order valence-corrected chi connectivity index (χ1v) is 9.02. The first-order valence-electron chi connectivity index (χ1n) is 9.02. The van der Waals surface area contributed by atoms with Crippen LogP contribution < -0.4 is 17.2 Å². The third kappa shape index (κ3) is 11.3. The van der Waals surface area contributed by atoms with E-state index in [-0.39, 0.29) is 30.2 Å². The lowest BCUT2D eigenvalue weighted by Gasteiger charge is -2.25. The summed E-state index contributed by atoms with van der Waals surface area (Å²) in [5, 5.41) is 26.2. The summed E-state index contributed by atoms with van der Waals surface area (Å²) >= 11 is 0. The summed E-state index contributed by atoms with van der Waals surface area (Å²) in [5.41, 5.74) is 16.1. The Bertz CT molecular complexity index is 304. The van der Waals surface area contributed by atoms with Gasteiger partial charge in [0.1, 0.15) is 0 Å². The molecule has 6 heteroatoms. The Morgan fingerprint density at radius 3 is 1.54 bits per heavy atom. The van der Waals surface area contributed by atoms with E-state index in [1.54, 1.807) is 6.92 Å². The number of rotatable bonds is 5. The Morgan fingerprint density at radius 1 is 1.04 bits per heavy atom. The van der Waals surface area contributed by atoms with Gasteiger partial charge in [-0.2, -0.15) is 0 Å². The quantitative estimate of drug-likeness (QED) is 0.439. The summed E-state index contributed by atoms with van der Waals surface area (Å²) in [6.07, 6.45) is 4.79. The summed E-state index contributed by atoms with van der Waals surface area (Å²) < 4.78 is 0. The highest BCUT2D eigenvalue weighted by atomic mass is 16.3. The van der Waals surface area contributed by atoms with Crippen LogP contribution in [0.2, 0.25) is 0 Å². The van der Waals surface area contributed by atoms with Crippen molar-refractivity contribution in [3.05, 3.63) is 0 Å². The van der Waals surface area contributed by atoms with Gasteiger partial charge in [-0.3, -0.25) is 0 Å². The fourth-order valence-corrected chi connectivity index (χ4v) is 1.77. The lowest BCUT2D eigenvalue weighted by atomic mass is 9.91. The van der Waals surface area contributed by atoms with E-state index in [1.807, 2.05) is 34.6 Å². The van der Waals surface area contributed by atoms with Crippen molar-refractivity contribution in [3.8, 4) is 0 Å². The molecule has 6 nitrogen and oxygen atoms in total. The zero-order valence-electron chi connectivity index (χ0n) is 16.7. The molecule has 0 bridgehead atoms. The molecule has 3 atom stereocenters. The molecule has 9 N–H and O–H groups in total. The third-order valence-electron chi connectivity index (χ3n) is 5.17. The molecule has 0 amide bonds. The van der Waals surface area contributed by atoms with Crippen LogP contribution >= 0.6 is 0 Å². The van der Waals surface area contributed by atoms with E-state index in [2.05, 4.69) is 0 Å². The lowest BCUT2D eigenvalue weighted by molar-refractivity contribution is 0.109. The van der Waals surface area contributed by atoms with Gasteiger partial charge < -0.3 is 32.5 Å². The van der Waals surface area contributed by atoms with Gasteiger partial charge in [0.15, 0.2) is 0 Å². The molecule has 1 saturated carbocycles. The van der Waals surface area contributed by atoms with Crippen molar-refractivity contribution in [2.75, 3.05) is 13.2 Å². The minimum atomic E-state index is -0.410. The second kappa shape index (κ2) is 11.4. The molecule has 0 aromatic carbocycles. The molecule has 1 rings (SSSR count). The number of hydrogen-bond donors (Lipinski definition) is 6. The molecule has 0 spiro atoms. The van der Waals surface area contributed by atoms with Crippen LogP contribution in [-0.2, 0) is 0 Å². The highest BCUT2D eigenvalue weighted by Crippen LogP contribution is 2.25. The van der Waals surface area contributed by atoms with Crippen LogP contribution in [0.25, 0.3) is 0 Å². The minimum Gasteiger partial charge on any atom is -0.396 e. The third-order valence-corrected chi connectivity index (χ3v) is 5.17. The maximum Gasteiger partial charge on any atom is 0.0688 e. The van der Waals surface area contributed by atoms with Crippen molar-refractivity contribution >= 4 is 0 Å². The van der Waals surface area contributed by atoms with Crippen molar-refractivity contribution in [1.82, 2.24) is 0 Å². The zero-order chi connectivity index (χ0) is 19.6. The van der Waals surface area contributed by atoms with E-state index in [4.69, 9.17) is 32.5 Å². The van der Waals surface area contributed by atoms with Crippen LogP contribution in [0.15, 0.2) is 0 Å². The summed E-state index contributed by atoms with van der Waals surface area (Å²) in [5.74, 6) is 0.183. The first-order chi connectivity index (χ1) is 10.8. The predicted molar refractivity (Wildman–Crippen MR) is 102 cm³/mol. The molecule has 0 radical (unpaired) electrons. The second-order valence-electron chi connectivity index (χ2n) is 8.17. The van der Waals surface area contributed by atoms with Crippen LogP contribution in [0.5, 0.6) is 0 Å². The van der Waals surface area contributed by atoms with E-state index in [0.29, 0.717) is 0 Å². The van der Waals surface area contributed by atoms with Crippen molar-refractivity contribution in [1.29, 1.82) is 0 Å². The zero-order valence-corrected chi connectivity index (χ0v) is 16.7. The van der Waals surface area contributed by atoms with Crippen LogP contribution in [0.3, 0.4) is 0 Å². The molecule has 3 unspecified atom stereocenters. The number of hydrogen-bond acceptors (Lipinski definition) is 6. The van der Waals surface area contributed by atoms with E-state index in [9.17, 15) is 0 Å². The van der Waals surface area contributed by atoms with Gasteiger partial charge in [-0.25, -0.2) is 0 Å². The monoisotopic (exact) mass is 349 g/mol. The topological polar surface area (TPSA) is 139 Å². The van der Waals surface area contributed by atoms with Crippen molar-refractivity contribution in [2.24, 2.45) is 23.1 Å². The van der Waals surface area contributed by atoms with E-state index < -0.39 is 11.6 Å². The fourth-order valence-electron chi connectivity index (χ4n) is 1.77. The van der Waals surface area contributed by atoms with E-state index in [0.717, 1.165) is 19.3 Å².